The van der Waals surface area contributed by atoms with Gasteiger partial charge in [-0.15, -0.1) is 0 Å². The quantitative estimate of drug-likeness (QED) is 0.366. The van der Waals surface area contributed by atoms with E-state index < -0.39 is 11.2 Å². The topological polar surface area (TPSA) is 97.0 Å². The van der Waals surface area contributed by atoms with E-state index in [-0.39, 0.29) is 30.3 Å². The van der Waals surface area contributed by atoms with Crippen LogP contribution in [-0.2, 0) is 21.7 Å². The van der Waals surface area contributed by atoms with Crippen LogP contribution >= 0.6 is 0 Å². The van der Waals surface area contributed by atoms with Crippen molar-refractivity contribution in [3.8, 4) is 17.0 Å². The molecule has 4 aliphatic rings. The highest BCUT2D eigenvalue weighted by atomic mass is 16.6. The number of fused-ring (bicyclic) bond motifs is 4. The van der Waals surface area contributed by atoms with Crippen molar-refractivity contribution in [1.82, 2.24) is 19.8 Å². The van der Waals surface area contributed by atoms with Crippen molar-refractivity contribution in [2.75, 3.05) is 19.6 Å². The summed E-state index contributed by atoms with van der Waals surface area (Å²) in [6.45, 7) is 7.72. The fourth-order valence-corrected chi connectivity index (χ4v) is 6.98. The molecule has 2 saturated heterocycles. The van der Waals surface area contributed by atoms with Crippen molar-refractivity contribution >= 4 is 12.2 Å². The van der Waals surface area contributed by atoms with Crippen molar-refractivity contribution < 1.29 is 23.8 Å². The molecule has 2 aromatic carbocycles. The summed E-state index contributed by atoms with van der Waals surface area (Å²) in [5.74, 6) is 2.00. The second-order valence-corrected chi connectivity index (χ2v) is 13.5. The molecular formula is C34H40N4O5. The number of piperidine rings is 2. The Kier molecular flexibility index (Phi) is 6.67. The first-order chi connectivity index (χ1) is 20.6. The molecule has 1 saturated carbocycles. The lowest BCUT2D eigenvalue weighted by Gasteiger charge is -2.43. The van der Waals surface area contributed by atoms with Crippen LogP contribution in [-0.4, -0.2) is 62.7 Å². The molecule has 3 fully saturated rings. The number of rotatable bonds is 3. The number of para-hydroxylation sites is 1. The van der Waals surface area contributed by atoms with E-state index in [4.69, 9.17) is 19.2 Å². The lowest BCUT2D eigenvalue weighted by molar-refractivity contribution is -0.00938. The van der Waals surface area contributed by atoms with Gasteiger partial charge in [-0.25, -0.2) is 14.6 Å². The van der Waals surface area contributed by atoms with Gasteiger partial charge in [-0.3, -0.25) is 0 Å². The monoisotopic (exact) mass is 584 g/mol. The zero-order valence-corrected chi connectivity index (χ0v) is 25.2. The summed E-state index contributed by atoms with van der Waals surface area (Å²) in [7, 11) is 0. The molecule has 0 bridgehead atoms. The second-order valence-electron chi connectivity index (χ2n) is 13.5. The number of likely N-dealkylation sites (tertiary alicyclic amines) is 2. The van der Waals surface area contributed by atoms with Crippen LogP contribution in [0.3, 0.4) is 0 Å². The number of amides is 2. The lowest BCUT2D eigenvalue weighted by atomic mass is 9.83. The smallest absolute Gasteiger partial charge is 0.410 e. The van der Waals surface area contributed by atoms with Gasteiger partial charge in [0.2, 0.25) is 0 Å². The number of aromatic nitrogens is 2. The van der Waals surface area contributed by atoms with Crippen molar-refractivity contribution in [1.29, 1.82) is 0 Å². The van der Waals surface area contributed by atoms with Gasteiger partial charge in [-0.05, 0) is 64.2 Å². The zero-order chi connectivity index (χ0) is 29.8. The Morgan fingerprint density at radius 3 is 2.42 bits per heavy atom. The number of nitrogens with zero attached hydrogens (tertiary/aromatic N) is 3. The third-order valence-corrected chi connectivity index (χ3v) is 9.39. The van der Waals surface area contributed by atoms with Gasteiger partial charge in [0.05, 0.1) is 11.4 Å². The Labute approximate surface area is 252 Å². The lowest BCUT2D eigenvalue weighted by Crippen LogP contribution is -2.49. The number of carbonyl (C=O) groups excluding carboxylic acids is 2. The average Bonchev–Trinajstić information content (AvgIpc) is 3.58. The van der Waals surface area contributed by atoms with E-state index in [0.29, 0.717) is 32.5 Å². The number of nitrogens with one attached hydrogen (secondary N) is 1. The van der Waals surface area contributed by atoms with Crippen LogP contribution in [0.2, 0.25) is 0 Å². The molecule has 1 atom stereocenters. The van der Waals surface area contributed by atoms with Crippen molar-refractivity contribution in [3.05, 3.63) is 71.7 Å². The molecule has 1 aromatic heterocycles. The van der Waals surface area contributed by atoms with Gasteiger partial charge < -0.3 is 29.0 Å². The minimum absolute atomic E-state index is 0.143. The van der Waals surface area contributed by atoms with Crippen molar-refractivity contribution in [3.63, 3.8) is 0 Å². The summed E-state index contributed by atoms with van der Waals surface area (Å²) >= 11 is 0. The Morgan fingerprint density at radius 1 is 0.977 bits per heavy atom. The fourth-order valence-electron chi connectivity index (χ4n) is 6.98. The molecule has 3 aromatic rings. The van der Waals surface area contributed by atoms with Crippen LogP contribution in [0.25, 0.3) is 11.3 Å². The molecule has 1 aliphatic carbocycles. The molecule has 43 heavy (non-hydrogen) atoms. The summed E-state index contributed by atoms with van der Waals surface area (Å²) in [6.07, 6.45) is 4.45. The van der Waals surface area contributed by atoms with Gasteiger partial charge in [0.15, 0.2) is 5.60 Å². The maximum absolute atomic E-state index is 13.0. The predicted octanol–water partition coefficient (Wildman–Crippen LogP) is 6.74. The fraction of sp³-hybridized carbons (Fsp3) is 0.500. The minimum Gasteiger partial charge on any atom is -0.480 e. The summed E-state index contributed by atoms with van der Waals surface area (Å²) in [4.78, 5) is 38.7. The number of hydrogen-bond donors (Lipinski definition) is 1. The molecule has 9 nitrogen and oxygen atoms in total. The Balaban J connectivity index is 1.10. The van der Waals surface area contributed by atoms with E-state index >= 15 is 0 Å². The maximum Gasteiger partial charge on any atom is 0.410 e. The van der Waals surface area contributed by atoms with Crippen LogP contribution in [0, 0.1) is 0 Å². The molecule has 2 spiro atoms. The summed E-state index contributed by atoms with van der Waals surface area (Å²) in [6, 6.07) is 17.8. The molecule has 9 heteroatoms. The zero-order valence-electron chi connectivity index (χ0n) is 25.2. The van der Waals surface area contributed by atoms with Gasteiger partial charge in [0, 0.05) is 49.5 Å². The third-order valence-electron chi connectivity index (χ3n) is 9.39. The highest BCUT2D eigenvalue weighted by molar-refractivity contribution is 5.73. The van der Waals surface area contributed by atoms with E-state index in [1.807, 2.05) is 74.2 Å². The molecular weight excluding hydrogens is 544 g/mol. The van der Waals surface area contributed by atoms with E-state index in [2.05, 4.69) is 11.1 Å². The van der Waals surface area contributed by atoms with Crippen LogP contribution in [0.15, 0.2) is 54.6 Å². The van der Waals surface area contributed by atoms with Crippen LogP contribution in [0.1, 0.15) is 82.3 Å². The maximum atomic E-state index is 13.0. The molecule has 1 unspecified atom stereocenters. The molecule has 226 valence electrons. The van der Waals surface area contributed by atoms with Gasteiger partial charge in [0.1, 0.15) is 23.8 Å². The highest BCUT2D eigenvalue weighted by Crippen LogP contribution is 2.54. The van der Waals surface area contributed by atoms with E-state index in [9.17, 15) is 9.59 Å². The second kappa shape index (κ2) is 10.3. The molecule has 0 radical (unpaired) electrons. The normalized spacial score (nSPS) is 21.5. The summed E-state index contributed by atoms with van der Waals surface area (Å²) < 4.78 is 18.1. The third kappa shape index (κ3) is 5.23. The number of carbonyl (C=O) groups is 2. The van der Waals surface area contributed by atoms with Crippen LogP contribution < -0.4 is 4.74 Å². The largest absolute Gasteiger partial charge is 0.480 e. The molecule has 4 heterocycles. The molecule has 7 rings (SSSR count). The Bertz CT molecular complexity index is 1510. The number of ether oxygens (including phenoxy) is 3. The van der Waals surface area contributed by atoms with Gasteiger partial charge in [0.25, 0.3) is 0 Å². The number of hydrogen-bond acceptors (Lipinski definition) is 6. The van der Waals surface area contributed by atoms with E-state index in [1.165, 1.54) is 0 Å². The number of benzene rings is 2. The Morgan fingerprint density at radius 2 is 1.70 bits per heavy atom. The van der Waals surface area contributed by atoms with Crippen LogP contribution in [0.4, 0.5) is 9.59 Å². The van der Waals surface area contributed by atoms with Gasteiger partial charge in [-0.1, -0.05) is 42.5 Å². The number of aromatic amines is 1. The standard InChI is InChI=1S/C34H40N4O5/c1-32(2,3)43-31(40)38-18-13-24(21-33(38)14-15-33)29-35-27-25-11-7-8-12-26(25)42-34(28(27)36-29)16-19-37(20-17-34)30(39)41-22-23-9-5-4-6-10-23/h4-12,24H,13-22H2,1-3H3,(H,35,36). The van der Waals surface area contributed by atoms with Crippen molar-refractivity contribution in [2.45, 2.75) is 88.6 Å². The number of H-pyrrole nitrogens is 1. The minimum atomic E-state index is -0.598. The first-order valence-electron chi connectivity index (χ1n) is 15.5. The van der Waals surface area contributed by atoms with E-state index in [1.54, 1.807) is 4.90 Å². The van der Waals surface area contributed by atoms with Crippen LogP contribution in [0.5, 0.6) is 5.75 Å². The predicted molar refractivity (Wildman–Crippen MR) is 161 cm³/mol. The highest BCUT2D eigenvalue weighted by Gasteiger charge is 2.55. The Hall–Kier alpha value is -4.01. The molecule has 3 aliphatic heterocycles. The SMILES string of the molecule is CC(C)(C)OC(=O)N1CCC(c2nc3c([nH]2)C2(CCN(C(=O)OCc4ccccc4)CC2)Oc2ccccc2-3)CC12CC2. The van der Waals surface area contributed by atoms with Gasteiger partial charge >= 0.3 is 12.2 Å². The summed E-state index contributed by atoms with van der Waals surface area (Å²) in [5.41, 5.74) is 2.64. The first kappa shape index (κ1) is 27.8. The molecule has 1 N–H and O–H groups in total. The van der Waals surface area contributed by atoms with Gasteiger partial charge in [-0.2, -0.15) is 0 Å². The number of imidazole rings is 1. The van der Waals surface area contributed by atoms with Crippen molar-refractivity contribution in [2.24, 2.45) is 0 Å². The van der Waals surface area contributed by atoms with E-state index in [0.717, 1.165) is 59.8 Å². The molecule has 2 amide bonds. The first-order valence-corrected chi connectivity index (χ1v) is 15.5. The average molecular weight is 585 g/mol. The summed E-state index contributed by atoms with van der Waals surface area (Å²) in [5, 5.41) is 0.